The molecule has 0 unspecified atom stereocenters. The van der Waals surface area contributed by atoms with Crippen LogP contribution in [0.1, 0.15) is 11.1 Å². The molecule has 0 saturated carbocycles. The molecule has 1 N–H and O–H groups in total. The van der Waals surface area contributed by atoms with Crippen molar-refractivity contribution in [2.24, 2.45) is 0 Å². The molecule has 25 heavy (non-hydrogen) atoms. The molecule has 0 radical (unpaired) electrons. The fourth-order valence-corrected chi connectivity index (χ4v) is 3.26. The fourth-order valence-electron chi connectivity index (χ4n) is 2.65. The summed E-state index contributed by atoms with van der Waals surface area (Å²) in [5.41, 5.74) is 2.88. The third-order valence-electron chi connectivity index (χ3n) is 3.95. The van der Waals surface area contributed by atoms with Gasteiger partial charge in [0.15, 0.2) is 5.76 Å². The number of H-pyrrole nitrogens is 1. The van der Waals surface area contributed by atoms with E-state index < -0.39 is 0 Å². The van der Waals surface area contributed by atoms with Crippen LogP contribution in [0.2, 0.25) is 10.0 Å². The topological polar surface area (TPSA) is 67.6 Å². The number of benzene rings is 2. The Kier molecular flexibility index (Phi) is 4.41. The second kappa shape index (κ2) is 6.71. The monoisotopic (exact) mass is 390 g/mol. The van der Waals surface area contributed by atoms with Gasteiger partial charge in [0.2, 0.25) is 5.82 Å². The van der Waals surface area contributed by atoms with E-state index in [0.29, 0.717) is 21.6 Å². The first kappa shape index (κ1) is 16.4. The minimum absolute atomic E-state index is 0.412. The number of hydrogen-bond donors (Lipinski definition) is 2. The summed E-state index contributed by atoms with van der Waals surface area (Å²) in [6, 6.07) is 11.5. The van der Waals surface area contributed by atoms with E-state index in [1.165, 1.54) is 0 Å². The van der Waals surface area contributed by atoms with Crippen LogP contribution >= 0.6 is 35.8 Å². The zero-order valence-electron chi connectivity index (χ0n) is 12.8. The number of aryl methyl sites for hydroxylation is 2. The highest BCUT2D eigenvalue weighted by molar-refractivity contribution is 7.80. The molecule has 2 aromatic carbocycles. The van der Waals surface area contributed by atoms with Crippen LogP contribution in [-0.2, 0) is 12.8 Å². The third-order valence-corrected chi connectivity index (χ3v) is 5.13. The van der Waals surface area contributed by atoms with Crippen molar-refractivity contribution in [3.05, 3.63) is 57.6 Å². The maximum absolute atomic E-state index is 6.43. The molecule has 0 aliphatic carbocycles. The van der Waals surface area contributed by atoms with Crippen LogP contribution in [0.3, 0.4) is 0 Å². The van der Waals surface area contributed by atoms with Gasteiger partial charge in [0.05, 0.1) is 5.02 Å². The molecule has 0 amide bonds. The molecule has 0 spiro atoms. The summed E-state index contributed by atoms with van der Waals surface area (Å²) >= 11 is 16.8. The number of aromatic nitrogens is 4. The van der Waals surface area contributed by atoms with Crippen LogP contribution in [-0.4, -0.2) is 20.6 Å². The van der Waals surface area contributed by atoms with Gasteiger partial charge < -0.3 is 4.42 Å². The van der Waals surface area contributed by atoms with Crippen molar-refractivity contribution >= 4 is 46.8 Å². The molecule has 2 heterocycles. The van der Waals surface area contributed by atoms with Gasteiger partial charge in [0.25, 0.3) is 0 Å². The van der Waals surface area contributed by atoms with Crippen molar-refractivity contribution in [3.63, 3.8) is 0 Å². The maximum Gasteiger partial charge on any atom is 0.239 e. The lowest BCUT2D eigenvalue weighted by atomic mass is 10.0. The Balaban J connectivity index is 1.60. The van der Waals surface area contributed by atoms with E-state index in [4.69, 9.17) is 27.6 Å². The van der Waals surface area contributed by atoms with Crippen LogP contribution in [0.15, 0.2) is 45.7 Å². The van der Waals surface area contributed by atoms with Gasteiger partial charge in [-0.3, -0.25) is 0 Å². The lowest BCUT2D eigenvalue weighted by Gasteiger charge is -2.06. The minimum Gasteiger partial charge on any atom is -0.453 e. The molecule has 8 heteroatoms. The summed E-state index contributed by atoms with van der Waals surface area (Å²) in [6.45, 7) is 0. The summed E-state index contributed by atoms with van der Waals surface area (Å²) in [4.78, 5) is 0.773. The smallest absolute Gasteiger partial charge is 0.239 e. The average molecular weight is 391 g/mol. The molecule has 4 rings (SSSR count). The van der Waals surface area contributed by atoms with E-state index in [-0.39, 0.29) is 0 Å². The Bertz CT molecular complexity index is 1050. The fraction of sp³-hybridized carbons (Fsp3) is 0.118. The van der Waals surface area contributed by atoms with Gasteiger partial charge in [0.1, 0.15) is 5.58 Å². The van der Waals surface area contributed by atoms with Crippen molar-refractivity contribution in [1.29, 1.82) is 0 Å². The number of thiol groups is 1. The van der Waals surface area contributed by atoms with Crippen molar-refractivity contribution in [1.82, 2.24) is 20.6 Å². The molecule has 0 saturated heterocycles. The number of rotatable bonds is 4. The van der Waals surface area contributed by atoms with E-state index in [1.807, 2.05) is 36.4 Å². The van der Waals surface area contributed by atoms with Crippen LogP contribution in [0.4, 0.5) is 0 Å². The highest BCUT2D eigenvalue weighted by Crippen LogP contribution is 2.31. The summed E-state index contributed by atoms with van der Waals surface area (Å²) in [5, 5.41) is 16.1. The summed E-state index contributed by atoms with van der Waals surface area (Å²) in [6.07, 6.45) is 1.59. The van der Waals surface area contributed by atoms with Crippen LogP contribution in [0.25, 0.3) is 22.6 Å². The summed E-state index contributed by atoms with van der Waals surface area (Å²) < 4.78 is 5.82. The van der Waals surface area contributed by atoms with Crippen molar-refractivity contribution < 1.29 is 4.42 Å². The molecular weight excluding hydrogens is 379 g/mol. The lowest BCUT2D eigenvalue weighted by molar-refractivity contribution is 0.625. The molecule has 0 aliphatic heterocycles. The van der Waals surface area contributed by atoms with Crippen molar-refractivity contribution in [3.8, 4) is 11.6 Å². The van der Waals surface area contributed by atoms with E-state index in [2.05, 4.69) is 33.3 Å². The van der Waals surface area contributed by atoms with E-state index in [0.717, 1.165) is 39.8 Å². The van der Waals surface area contributed by atoms with E-state index >= 15 is 0 Å². The molecule has 0 aliphatic rings. The first-order valence-electron chi connectivity index (χ1n) is 7.53. The van der Waals surface area contributed by atoms with Gasteiger partial charge in [-0.25, -0.2) is 0 Å². The Morgan fingerprint density at radius 1 is 1.04 bits per heavy atom. The van der Waals surface area contributed by atoms with Gasteiger partial charge >= 0.3 is 0 Å². The molecule has 126 valence electrons. The normalized spacial score (nSPS) is 11.3. The largest absolute Gasteiger partial charge is 0.453 e. The average Bonchev–Trinajstić information content (AvgIpc) is 3.24. The number of tetrazole rings is 1. The zero-order valence-corrected chi connectivity index (χ0v) is 15.2. The number of nitrogens with zero attached hydrogens (tertiary/aromatic N) is 3. The Labute approximate surface area is 158 Å². The van der Waals surface area contributed by atoms with Crippen LogP contribution in [0.5, 0.6) is 0 Å². The van der Waals surface area contributed by atoms with Gasteiger partial charge in [-0.2, -0.15) is 5.21 Å². The molecule has 0 fully saturated rings. The number of furan rings is 1. The Morgan fingerprint density at radius 3 is 2.68 bits per heavy atom. The molecule has 5 nitrogen and oxygen atoms in total. The zero-order chi connectivity index (χ0) is 17.4. The second-order valence-electron chi connectivity index (χ2n) is 5.61. The van der Waals surface area contributed by atoms with Crippen molar-refractivity contribution in [2.45, 2.75) is 17.7 Å². The molecule has 0 atom stereocenters. The van der Waals surface area contributed by atoms with E-state index in [1.54, 1.807) is 0 Å². The molecule has 2 aromatic heterocycles. The van der Waals surface area contributed by atoms with Crippen molar-refractivity contribution in [2.75, 3.05) is 0 Å². The standard InChI is InChI=1S/C17H12Cl2N4OS/c18-12-6-11-8-15(17-20-22-23-21-17)24-14(11)7-10(12)3-1-9-2-4-16(25)13(19)5-9/h2,4-8,25H,1,3H2,(H,20,21,22,23). The maximum atomic E-state index is 6.43. The highest BCUT2D eigenvalue weighted by Gasteiger charge is 2.13. The van der Waals surface area contributed by atoms with Gasteiger partial charge in [0, 0.05) is 15.3 Å². The van der Waals surface area contributed by atoms with Crippen LogP contribution in [0, 0.1) is 0 Å². The Hall–Kier alpha value is -2.02. The second-order valence-corrected chi connectivity index (χ2v) is 6.91. The molecule has 0 bridgehead atoms. The Morgan fingerprint density at radius 2 is 1.92 bits per heavy atom. The summed E-state index contributed by atoms with van der Waals surface area (Å²) in [5.74, 6) is 0.962. The summed E-state index contributed by atoms with van der Waals surface area (Å²) in [7, 11) is 0. The predicted molar refractivity (Wildman–Crippen MR) is 101 cm³/mol. The molecule has 4 aromatic rings. The number of halogens is 2. The van der Waals surface area contributed by atoms with E-state index in [9.17, 15) is 0 Å². The number of fused-ring (bicyclic) bond motifs is 1. The number of hydrogen-bond acceptors (Lipinski definition) is 5. The lowest BCUT2D eigenvalue weighted by Crippen LogP contribution is -1.92. The predicted octanol–water partition coefficient (Wildman–Crippen LogP) is 4.99. The minimum atomic E-state index is 0.412. The SMILES string of the molecule is Sc1ccc(CCc2cc3oc(-c4nn[nH]n4)cc3cc2Cl)cc1Cl. The quantitative estimate of drug-likeness (QED) is 0.481. The van der Waals surface area contributed by atoms with Gasteiger partial charge in [-0.15, -0.1) is 22.8 Å². The van der Waals surface area contributed by atoms with Gasteiger partial charge in [-0.1, -0.05) is 29.3 Å². The first-order chi connectivity index (χ1) is 12.1. The van der Waals surface area contributed by atoms with Crippen LogP contribution < -0.4 is 0 Å². The first-order valence-corrected chi connectivity index (χ1v) is 8.73. The third kappa shape index (κ3) is 3.38. The van der Waals surface area contributed by atoms with Gasteiger partial charge in [-0.05, 0) is 59.5 Å². The number of aromatic amines is 1. The number of nitrogens with one attached hydrogen (secondary N) is 1. The highest BCUT2D eigenvalue weighted by atomic mass is 35.5. The molecular formula is C17H12Cl2N4OS.